The van der Waals surface area contributed by atoms with Crippen LogP contribution in [0.1, 0.15) is 10.4 Å². The Balaban J connectivity index is 2.35. The van der Waals surface area contributed by atoms with E-state index in [1.807, 2.05) is 24.3 Å². The number of carbonyl (C=O) groups excluding carboxylic acids is 1. The van der Waals surface area contributed by atoms with Gasteiger partial charge >= 0.3 is 5.97 Å². The molecule has 3 heteroatoms. The molecule has 76 valence electrons. The molecule has 15 heavy (non-hydrogen) atoms. The number of hydrogen-bond acceptors (Lipinski definition) is 2. The zero-order valence-electron chi connectivity index (χ0n) is 8.19. The molecule has 1 N–H and O–H groups in total. The van der Waals surface area contributed by atoms with Crippen molar-refractivity contribution in [3.05, 3.63) is 48.7 Å². The summed E-state index contributed by atoms with van der Waals surface area (Å²) in [5, 5.41) is 0.881. The van der Waals surface area contributed by atoms with Gasteiger partial charge in [-0.1, -0.05) is 30.9 Å². The van der Waals surface area contributed by atoms with Crippen molar-refractivity contribution < 1.29 is 9.53 Å². The molecule has 1 aromatic carbocycles. The van der Waals surface area contributed by atoms with Gasteiger partial charge in [-0.05, 0) is 6.07 Å². The van der Waals surface area contributed by atoms with Gasteiger partial charge in [-0.25, -0.2) is 4.79 Å². The summed E-state index contributed by atoms with van der Waals surface area (Å²) in [7, 11) is 0. The molecule has 0 amide bonds. The van der Waals surface area contributed by atoms with E-state index in [1.165, 1.54) is 0 Å². The first-order valence-corrected chi connectivity index (χ1v) is 4.67. The number of aromatic amines is 1. The summed E-state index contributed by atoms with van der Waals surface area (Å²) in [6.45, 7) is 3.73. The standard InChI is InChI=1S/C12H11NO2/c1-2-7-15-12(14)10-8-13-11-6-4-3-5-9(10)11/h2-6,8,13H,1,7H2. The quantitative estimate of drug-likeness (QED) is 0.612. The van der Waals surface area contributed by atoms with Gasteiger partial charge in [0.1, 0.15) is 6.61 Å². The summed E-state index contributed by atoms with van der Waals surface area (Å²) < 4.78 is 4.97. The summed E-state index contributed by atoms with van der Waals surface area (Å²) in [5.74, 6) is -0.327. The average Bonchev–Trinajstić information content (AvgIpc) is 2.69. The second kappa shape index (κ2) is 4.00. The van der Waals surface area contributed by atoms with Crippen LogP contribution in [0.5, 0.6) is 0 Å². The van der Waals surface area contributed by atoms with Crippen LogP contribution in [0.2, 0.25) is 0 Å². The molecule has 0 saturated heterocycles. The Kier molecular flexibility index (Phi) is 2.54. The highest BCUT2D eigenvalue weighted by molar-refractivity contribution is 6.03. The molecule has 0 unspecified atom stereocenters. The number of H-pyrrole nitrogens is 1. The van der Waals surface area contributed by atoms with Crippen LogP contribution in [0.25, 0.3) is 10.9 Å². The number of aromatic nitrogens is 1. The summed E-state index contributed by atoms with van der Waals surface area (Å²) in [4.78, 5) is 14.6. The van der Waals surface area contributed by atoms with Crippen molar-refractivity contribution in [1.29, 1.82) is 0 Å². The number of benzene rings is 1. The molecule has 1 heterocycles. The van der Waals surface area contributed by atoms with Crippen molar-refractivity contribution in [3.63, 3.8) is 0 Å². The van der Waals surface area contributed by atoms with Crippen LogP contribution in [-0.2, 0) is 4.74 Å². The lowest BCUT2D eigenvalue weighted by atomic mass is 10.2. The van der Waals surface area contributed by atoms with Crippen LogP contribution >= 0.6 is 0 Å². The van der Waals surface area contributed by atoms with Gasteiger partial charge in [-0.2, -0.15) is 0 Å². The number of rotatable bonds is 3. The first-order valence-electron chi connectivity index (χ1n) is 4.67. The van der Waals surface area contributed by atoms with Gasteiger partial charge in [0.15, 0.2) is 0 Å². The fourth-order valence-electron chi connectivity index (χ4n) is 1.45. The molecule has 2 aromatic rings. The van der Waals surface area contributed by atoms with E-state index < -0.39 is 0 Å². The summed E-state index contributed by atoms with van der Waals surface area (Å²) in [6, 6.07) is 7.61. The van der Waals surface area contributed by atoms with Gasteiger partial charge in [-0.15, -0.1) is 0 Å². The molecule has 0 radical (unpaired) electrons. The van der Waals surface area contributed by atoms with Gasteiger partial charge in [-0.3, -0.25) is 0 Å². The van der Waals surface area contributed by atoms with Crippen LogP contribution in [0.4, 0.5) is 0 Å². The number of carbonyl (C=O) groups is 1. The van der Waals surface area contributed by atoms with Gasteiger partial charge in [0.05, 0.1) is 5.56 Å². The lowest BCUT2D eigenvalue weighted by molar-refractivity contribution is 0.0552. The molecule has 0 bridgehead atoms. The lowest BCUT2D eigenvalue weighted by Crippen LogP contribution is -2.03. The largest absolute Gasteiger partial charge is 0.458 e. The fraction of sp³-hybridized carbons (Fsp3) is 0.0833. The molecule has 0 aliphatic carbocycles. The van der Waals surface area contributed by atoms with Crippen molar-refractivity contribution in [2.24, 2.45) is 0 Å². The SMILES string of the molecule is C=CCOC(=O)c1c[nH]c2ccccc12. The zero-order valence-corrected chi connectivity index (χ0v) is 8.19. The molecule has 2 rings (SSSR count). The summed E-state index contributed by atoms with van der Waals surface area (Å²) >= 11 is 0. The van der Waals surface area contributed by atoms with Gasteiger partial charge in [0.25, 0.3) is 0 Å². The molecule has 1 aromatic heterocycles. The average molecular weight is 201 g/mol. The molecule has 3 nitrogen and oxygen atoms in total. The number of fused-ring (bicyclic) bond motifs is 1. The van der Waals surface area contributed by atoms with E-state index in [-0.39, 0.29) is 12.6 Å². The smallest absolute Gasteiger partial charge is 0.340 e. The molecule has 0 atom stereocenters. The second-order valence-electron chi connectivity index (χ2n) is 3.14. The second-order valence-corrected chi connectivity index (χ2v) is 3.14. The maximum Gasteiger partial charge on any atom is 0.340 e. The number of nitrogens with one attached hydrogen (secondary N) is 1. The maximum absolute atomic E-state index is 11.6. The Morgan fingerprint density at radius 3 is 3.07 bits per heavy atom. The predicted octanol–water partition coefficient (Wildman–Crippen LogP) is 2.51. The van der Waals surface area contributed by atoms with E-state index in [0.717, 1.165) is 10.9 Å². The minimum absolute atomic E-state index is 0.234. The number of ether oxygens (including phenoxy) is 1. The van der Waals surface area contributed by atoms with E-state index in [9.17, 15) is 4.79 Å². The predicted molar refractivity (Wildman–Crippen MR) is 58.8 cm³/mol. The highest BCUT2D eigenvalue weighted by Gasteiger charge is 2.11. The van der Waals surface area contributed by atoms with Crippen LogP contribution in [-0.4, -0.2) is 17.6 Å². The third-order valence-corrected chi connectivity index (χ3v) is 2.14. The monoisotopic (exact) mass is 201 g/mol. The van der Waals surface area contributed by atoms with Gasteiger partial charge in [0, 0.05) is 17.1 Å². The van der Waals surface area contributed by atoms with E-state index in [4.69, 9.17) is 4.74 Å². The third-order valence-electron chi connectivity index (χ3n) is 2.14. The molecular formula is C12H11NO2. The maximum atomic E-state index is 11.6. The van der Waals surface area contributed by atoms with E-state index in [1.54, 1.807) is 12.3 Å². The molecule has 0 spiro atoms. The molecule has 0 aliphatic heterocycles. The Bertz CT molecular complexity index is 499. The number of para-hydroxylation sites is 1. The number of hydrogen-bond donors (Lipinski definition) is 1. The molecule has 0 fully saturated rings. The summed E-state index contributed by atoms with van der Waals surface area (Å²) in [5.41, 5.74) is 1.50. The molecule has 0 aliphatic rings. The lowest BCUT2D eigenvalue weighted by Gasteiger charge is -1.99. The van der Waals surface area contributed by atoms with Gasteiger partial charge < -0.3 is 9.72 Å². The van der Waals surface area contributed by atoms with Crippen LogP contribution in [0.3, 0.4) is 0 Å². The minimum atomic E-state index is -0.327. The highest BCUT2D eigenvalue weighted by atomic mass is 16.5. The van der Waals surface area contributed by atoms with Crippen molar-refractivity contribution >= 4 is 16.9 Å². The van der Waals surface area contributed by atoms with Crippen LogP contribution in [0.15, 0.2) is 43.1 Å². The molecular weight excluding hydrogens is 190 g/mol. The summed E-state index contributed by atoms with van der Waals surface area (Å²) in [6.07, 6.45) is 3.21. The van der Waals surface area contributed by atoms with Crippen LogP contribution in [0, 0.1) is 0 Å². The fourth-order valence-corrected chi connectivity index (χ4v) is 1.45. The Hall–Kier alpha value is -2.03. The van der Waals surface area contributed by atoms with Gasteiger partial charge in [0.2, 0.25) is 0 Å². The zero-order chi connectivity index (χ0) is 10.7. The first-order chi connectivity index (χ1) is 7.33. The normalized spacial score (nSPS) is 10.1. The topological polar surface area (TPSA) is 42.1 Å². The van der Waals surface area contributed by atoms with Crippen molar-refractivity contribution in [1.82, 2.24) is 4.98 Å². The Morgan fingerprint density at radius 2 is 2.27 bits per heavy atom. The van der Waals surface area contributed by atoms with E-state index in [2.05, 4.69) is 11.6 Å². The van der Waals surface area contributed by atoms with E-state index in [0.29, 0.717) is 5.56 Å². The van der Waals surface area contributed by atoms with Crippen molar-refractivity contribution in [2.75, 3.05) is 6.61 Å². The third kappa shape index (κ3) is 1.76. The Morgan fingerprint density at radius 1 is 1.47 bits per heavy atom. The van der Waals surface area contributed by atoms with Crippen LogP contribution < -0.4 is 0 Å². The number of esters is 1. The van der Waals surface area contributed by atoms with Crippen molar-refractivity contribution in [2.45, 2.75) is 0 Å². The van der Waals surface area contributed by atoms with E-state index >= 15 is 0 Å². The highest BCUT2D eigenvalue weighted by Crippen LogP contribution is 2.18. The Labute approximate surface area is 87.4 Å². The minimum Gasteiger partial charge on any atom is -0.458 e. The first kappa shape index (κ1) is 9.52. The molecule has 0 saturated carbocycles. The van der Waals surface area contributed by atoms with Crippen molar-refractivity contribution in [3.8, 4) is 0 Å².